The van der Waals surface area contributed by atoms with Crippen LogP contribution in [0.3, 0.4) is 0 Å². The average molecular weight is 152 g/mol. The SMILES string of the molecule is CC1(C)CC2CC(=O)C1(C)C2. The first-order chi connectivity index (χ1) is 4.96. The summed E-state index contributed by atoms with van der Waals surface area (Å²) >= 11 is 0. The molecule has 2 rings (SSSR count). The molecule has 2 bridgehead atoms. The first-order valence-electron chi connectivity index (χ1n) is 4.49. The van der Waals surface area contributed by atoms with Gasteiger partial charge in [0.1, 0.15) is 5.78 Å². The molecule has 0 aromatic carbocycles. The Morgan fingerprint density at radius 2 is 1.91 bits per heavy atom. The van der Waals surface area contributed by atoms with Gasteiger partial charge in [-0.05, 0) is 24.2 Å². The molecule has 2 aliphatic carbocycles. The Hall–Kier alpha value is -0.330. The summed E-state index contributed by atoms with van der Waals surface area (Å²) in [5.74, 6) is 1.22. The van der Waals surface area contributed by atoms with E-state index in [1.807, 2.05) is 0 Å². The minimum Gasteiger partial charge on any atom is -0.299 e. The highest BCUT2D eigenvalue weighted by molar-refractivity contribution is 5.88. The Bertz CT molecular complexity index is 217. The van der Waals surface area contributed by atoms with Gasteiger partial charge in [0, 0.05) is 11.8 Å². The van der Waals surface area contributed by atoms with E-state index < -0.39 is 0 Å². The molecule has 0 spiro atoms. The second kappa shape index (κ2) is 1.70. The Balaban J connectivity index is 2.42. The minimum atomic E-state index is 0.0255. The molecule has 2 aliphatic rings. The summed E-state index contributed by atoms with van der Waals surface area (Å²) in [5, 5.41) is 0. The van der Waals surface area contributed by atoms with E-state index >= 15 is 0 Å². The van der Waals surface area contributed by atoms with Gasteiger partial charge in [0.25, 0.3) is 0 Å². The van der Waals surface area contributed by atoms with E-state index in [0.29, 0.717) is 11.7 Å². The van der Waals surface area contributed by atoms with Crippen LogP contribution in [0.5, 0.6) is 0 Å². The molecule has 2 atom stereocenters. The maximum absolute atomic E-state index is 11.6. The number of carbonyl (C=O) groups excluding carboxylic acids is 1. The summed E-state index contributed by atoms with van der Waals surface area (Å²) in [7, 11) is 0. The van der Waals surface area contributed by atoms with Gasteiger partial charge in [-0.15, -0.1) is 0 Å². The van der Waals surface area contributed by atoms with E-state index in [4.69, 9.17) is 0 Å². The van der Waals surface area contributed by atoms with E-state index in [9.17, 15) is 4.79 Å². The highest BCUT2D eigenvalue weighted by Gasteiger charge is 2.58. The fourth-order valence-electron chi connectivity index (χ4n) is 3.00. The van der Waals surface area contributed by atoms with Crippen LogP contribution in [-0.4, -0.2) is 5.78 Å². The summed E-state index contributed by atoms with van der Waals surface area (Å²) in [6.07, 6.45) is 3.27. The first kappa shape index (κ1) is 7.33. The topological polar surface area (TPSA) is 17.1 Å². The molecule has 1 heteroatoms. The van der Waals surface area contributed by atoms with E-state index in [0.717, 1.165) is 12.8 Å². The summed E-state index contributed by atoms with van der Waals surface area (Å²) in [5.41, 5.74) is 0.296. The summed E-state index contributed by atoms with van der Waals surface area (Å²) in [6, 6.07) is 0. The van der Waals surface area contributed by atoms with Crippen molar-refractivity contribution in [3.05, 3.63) is 0 Å². The van der Waals surface area contributed by atoms with Crippen molar-refractivity contribution in [1.29, 1.82) is 0 Å². The molecular weight excluding hydrogens is 136 g/mol. The molecule has 0 aliphatic heterocycles. The van der Waals surface area contributed by atoms with E-state index in [1.165, 1.54) is 6.42 Å². The fraction of sp³-hybridized carbons (Fsp3) is 0.900. The number of rotatable bonds is 0. The molecule has 62 valence electrons. The third-order valence-electron chi connectivity index (χ3n) is 4.08. The van der Waals surface area contributed by atoms with Crippen LogP contribution < -0.4 is 0 Å². The largest absolute Gasteiger partial charge is 0.299 e. The summed E-state index contributed by atoms with van der Waals surface area (Å²) in [6.45, 7) is 6.64. The predicted octanol–water partition coefficient (Wildman–Crippen LogP) is 2.40. The zero-order chi connectivity index (χ0) is 8.28. The van der Waals surface area contributed by atoms with Crippen molar-refractivity contribution in [2.45, 2.75) is 40.0 Å². The summed E-state index contributed by atoms with van der Waals surface area (Å²) in [4.78, 5) is 11.6. The van der Waals surface area contributed by atoms with Crippen LogP contribution in [0.15, 0.2) is 0 Å². The van der Waals surface area contributed by atoms with Crippen molar-refractivity contribution in [2.24, 2.45) is 16.7 Å². The Morgan fingerprint density at radius 3 is 2.18 bits per heavy atom. The number of ketones is 1. The number of hydrogen-bond donors (Lipinski definition) is 0. The molecule has 0 radical (unpaired) electrons. The number of hydrogen-bond acceptors (Lipinski definition) is 1. The zero-order valence-electron chi connectivity index (χ0n) is 7.61. The van der Waals surface area contributed by atoms with Gasteiger partial charge in [-0.3, -0.25) is 4.79 Å². The second-order valence-corrected chi connectivity index (χ2v) is 5.12. The first-order valence-corrected chi connectivity index (χ1v) is 4.49. The average Bonchev–Trinajstić information content (AvgIpc) is 2.16. The van der Waals surface area contributed by atoms with Gasteiger partial charge in [0.05, 0.1) is 0 Å². The molecule has 2 fully saturated rings. The highest BCUT2D eigenvalue weighted by atomic mass is 16.1. The smallest absolute Gasteiger partial charge is 0.139 e. The van der Waals surface area contributed by atoms with Gasteiger partial charge in [-0.2, -0.15) is 0 Å². The van der Waals surface area contributed by atoms with Crippen molar-refractivity contribution in [1.82, 2.24) is 0 Å². The minimum absolute atomic E-state index is 0.0255. The molecule has 2 saturated carbocycles. The van der Waals surface area contributed by atoms with Crippen molar-refractivity contribution in [3.8, 4) is 0 Å². The van der Waals surface area contributed by atoms with Gasteiger partial charge in [0.15, 0.2) is 0 Å². The predicted molar refractivity (Wildman–Crippen MR) is 44.2 cm³/mol. The van der Waals surface area contributed by atoms with Crippen LogP contribution in [0.4, 0.5) is 0 Å². The van der Waals surface area contributed by atoms with Crippen LogP contribution in [0.2, 0.25) is 0 Å². The third kappa shape index (κ3) is 0.692. The molecule has 2 unspecified atom stereocenters. The number of fused-ring (bicyclic) bond motifs is 2. The van der Waals surface area contributed by atoms with Crippen LogP contribution >= 0.6 is 0 Å². The Kier molecular flexibility index (Phi) is 1.13. The summed E-state index contributed by atoms with van der Waals surface area (Å²) < 4.78 is 0. The highest BCUT2D eigenvalue weighted by Crippen LogP contribution is 2.61. The third-order valence-corrected chi connectivity index (χ3v) is 4.08. The van der Waals surface area contributed by atoms with Crippen LogP contribution in [0.25, 0.3) is 0 Å². The molecule has 0 saturated heterocycles. The zero-order valence-corrected chi connectivity index (χ0v) is 7.61. The van der Waals surface area contributed by atoms with Crippen molar-refractivity contribution in [3.63, 3.8) is 0 Å². The molecule has 0 N–H and O–H groups in total. The Morgan fingerprint density at radius 1 is 1.27 bits per heavy atom. The van der Waals surface area contributed by atoms with Gasteiger partial charge >= 0.3 is 0 Å². The van der Waals surface area contributed by atoms with Gasteiger partial charge < -0.3 is 0 Å². The van der Waals surface area contributed by atoms with Crippen molar-refractivity contribution < 1.29 is 4.79 Å². The standard InChI is InChI=1S/C10H16O/c1-9(2)5-7-4-8(11)10(9,3)6-7/h7H,4-6H2,1-3H3. The maximum atomic E-state index is 11.6. The van der Waals surface area contributed by atoms with Crippen molar-refractivity contribution >= 4 is 5.78 Å². The lowest BCUT2D eigenvalue weighted by molar-refractivity contribution is -0.131. The lowest BCUT2D eigenvalue weighted by Crippen LogP contribution is -2.37. The maximum Gasteiger partial charge on any atom is 0.139 e. The van der Waals surface area contributed by atoms with Gasteiger partial charge in [-0.25, -0.2) is 0 Å². The van der Waals surface area contributed by atoms with Crippen molar-refractivity contribution in [2.75, 3.05) is 0 Å². The molecule has 11 heavy (non-hydrogen) atoms. The fourth-order valence-corrected chi connectivity index (χ4v) is 3.00. The van der Waals surface area contributed by atoms with Gasteiger partial charge in [0.2, 0.25) is 0 Å². The normalized spacial score (nSPS) is 46.8. The lowest BCUT2D eigenvalue weighted by atomic mass is 9.66. The number of Topliss-reactive ketones (excluding diaryl/α,β-unsaturated/α-hetero) is 1. The van der Waals surface area contributed by atoms with E-state index in [1.54, 1.807) is 0 Å². The number of carbonyl (C=O) groups is 1. The molecule has 0 heterocycles. The van der Waals surface area contributed by atoms with E-state index in [2.05, 4.69) is 20.8 Å². The second-order valence-electron chi connectivity index (χ2n) is 5.12. The quantitative estimate of drug-likeness (QED) is 0.521. The van der Waals surface area contributed by atoms with Gasteiger partial charge in [-0.1, -0.05) is 20.8 Å². The lowest BCUT2D eigenvalue weighted by Gasteiger charge is -2.37. The van der Waals surface area contributed by atoms with Crippen LogP contribution in [-0.2, 0) is 4.79 Å². The van der Waals surface area contributed by atoms with E-state index in [-0.39, 0.29) is 10.8 Å². The molecular formula is C10H16O. The Labute approximate surface area is 68.2 Å². The monoisotopic (exact) mass is 152 g/mol. The van der Waals surface area contributed by atoms with Crippen LogP contribution in [0.1, 0.15) is 40.0 Å². The molecule has 0 amide bonds. The molecule has 0 aromatic rings. The van der Waals surface area contributed by atoms with Crippen LogP contribution in [0, 0.1) is 16.7 Å². The molecule has 1 nitrogen and oxygen atoms in total. The molecule has 0 aromatic heterocycles.